The van der Waals surface area contributed by atoms with Gasteiger partial charge in [-0.15, -0.1) is 0 Å². The van der Waals surface area contributed by atoms with E-state index in [1.54, 1.807) is 0 Å². The van der Waals surface area contributed by atoms with Crippen molar-refractivity contribution >= 4 is 21.6 Å². The topological polar surface area (TPSA) is 72.2 Å². The zero-order chi connectivity index (χ0) is 14.6. The van der Waals surface area contributed by atoms with Gasteiger partial charge in [0.15, 0.2) is 0 Å². The third kappa shape index (κ3) is 3.58. The van der Waals surface area contributed by atoms with E-state index in [0.717, 1.165) is 5.56 Å². The van der Waals surface area contributed by atoms with Gasteiger partial charge in [0.25, 0.3) is 0 Å². The van der Waals surface area contributed by atoms with Gasteiger partial charge < -0.3 is 5.73 Å². The minimum absolute atomic E-state index is 0.163. The molecule has 6 heteroatoms. The molecule has 4 nitrogen and oxygen atoms in total. The van der Waals surface area contributed by atoms with Gasteiger partial charge in [-0.1, -0.05) is 41.9 Å². The van der Waals surface area contributed by atoms with Crippen molar-refractivity contribution in [3.05, 3.63) is 65.2 Å². The lowest BCUT2D eigenvalue weighted by Crippen LogP contribution is -2.33. The predicted molar refractivity (Wildman–Crippen MR) is 80.0 cm³/mol. The molecule has 0 fully saturated rings. The summed E-state index contributed by atoms with van der Waals surface area (Å²) in [4.78, 5) is 0.163. The lowest BCUT2D eigenvalue weighted by molar-refractivity contribution is 0.558. The minimum atomic E-state index is -3.63. The molecular weight excluding hydrogens is 296 g/mol. The Morgan fingerprint density at radius 2 is 1.65 bits per heavy atom. The second-order valence-corrected chi connectivity index (χ2v) is 6.42. The Morgan fingerprint density at radius 3 is 2.20 bits per heavy atom. The average Bonchev–Trinajstić information content (AvgIpc) is 2.46. The number of nitrogens with two attached hydrogens (primary N) is 1. The highest BCUT2D eigenvalue weighted by atomic mass is 35.5. The summed E-state index contributed by atoms with van der Waals surface area (Å²) in [6.45, 7) is 0.177. The van der Waals surface area contributed by atoms with E-state index < -0.39 is 16.1 Å². The minimum Gasteiger partial charge on any atom is -0.329 e. The fourth-order valence-electron chi connectivity index (χ4n) is 1.81. The van der Waals surface area contributed by atoms with Gasteiger partial charge in [0, 0.05) is 11.6 Å². The van der Waals surface area contributed by atoms with Gasteiger partial charge in [-0.3, -0.25) is 0 Å². The number of hydrogen-bond donors (Lipinski definition) is 2. The number of sulfonamides is 1. The Balaban J connectivity index is 2.24. The molecule has 3 N–H and O–H groups in total. The largest absolute Gasteiger partial charge is 0.329 e. The van der Waals surface area contributed by atoms with Gasteiger partial charge in [0.05, 0.1) is 10.9 Å². The summed E-state index contributed by atoms with van der Waals surface area (Å²) < 4.78 is 27.2. The third-order valence-electron chi connectivity index (χ3n) is 2.86. The Labute approximate surface area is 123 Å². The summed E-state index contributed by atoms with van der Waals surface area (Å²) in [5.74, 6) is 0. The predicted octanol–water partition coefficient (Wildman–Crippen LogP) is 2.32. The molecular formula is C14H15ClN2O2S. The van der Waals surface area contributed by atoms with Crippen molar-refractivity contribution in [1.29, 1.82) is 0 Å². The Kier molecular flexibility index (Phi) is 4.77. The summed E-state index contributed by atoms with van der Waals surface area (Å²) in [5, 5.41) is 0.488. The van der Waals surface area contributed by atoms with Crippen LogP contribution >= 0.6 is 11.6 Å². The van der Waals surface area contributed by atoms with Crippen LogP contribution in [0.3, 0.4) is 0 Å². The molecule has 0 bridgehead atoms. The Bertz CT molecular complexity index is 657. The zero-order valence-corrected chi connectivity index (χ0v) is 12.2. The van der Waals surface area contributed by atoms with Gasteiger partial charge in [-0.25, -0.2) is 13.1 Å². The number of halogens is 1. The molecule has 1 atom stereocenters. The van der Waals surface area contributed by atoms with Crippen molar-refractivity contribution in [2.45, 2.75) is 10.9 Å². The van der Waals surface area contributed by atoms with Crippen LogP contribution in [0.15, 0.2) is 59.5 Å². The zero-order valence-electron chi connectivity index (χ0n) is 10.7. The second kappa shape index (κ2) is 6.37. The molecule has 0 aliphatic carbocycles. The molecule has 0 saturated heterocycles. The fraction of sp³-hybridized carbons (Fsp3) is 0.143. The van der Waals surface area contributed by atoms with Crippen molar-refractivity contribution in [2.24, 2.45) is 5.73 Å². The molecule has 0 amide bonds. The lowest BCUT2D eigenvalue weighted by Gasteiger charge is -2.17. The first-order chi connectivity index (χ1) is 9.53. The highest BCUT2D eigenvalue weighted by Gasteiger charge is 2.20. The van der Waals surface area contributed by atoms with E-state index in [-0.39, 0.29) is 11.4 Å². The molecule has 0 aliphatic rings. The maximum atomic E-state index is 12.3. The standard InChI is InChI=1S/C14H15ClN2O2S/c15-12-6-8-13(9-7-12)20(18,19)17-14(10-16)11-4-2-1-3-5-11/h1-9,14,17H,10,16H2. The molecule has 0 aromatic heterocycles. The van der Waals surface area contributed by atoms with E-state index in [2.05, 4.69) is 4.72 Å². The van der Waals surface area contributed by atoms with Crippen LogP contribution in [0.2, 0.25) is 5.02 Å². The SMILES string of the molecule is NCC(NS(=O)(=O)c1ccc(Cl)cc1)c1ccccc1. The molecule has 0 heterocycles. The molecule has 0 aliphatic heterocycles. The first kappa shape index (κ1) is 15.0. The van der Waals surface area contributed by atoms with Crippen LogP contribution in [0.5, 0.6) is 0 Å². The number of benzene rings is 2. The number of hydrogen-bond acceptors (Lipinski definition) is 3. The van der Waals surface area contributed by atoms with Gasteiger partial charge in [0.1, 0.15) is 0 Å². The quantitative estimate of drug-likeness (QED) is 0.890. The number of nitrogens with one attached hydrogen (secondary N) is 1. The van der Waals surface area contributed by atoms with Crippen molar-refractivity contribution in [1.82, 2.24) is 4.72 Å². The first-order valence-electron chi connectivity index (χ1n) is 6.06. The normalized spacial score (nSPS) is 13.1. The van der Waals surface area contributed by atoms with Gasteiger partial charge >= 0.3 is 0 Å². The summed E-state index contributed by atoms with van der Waals surface area (Å²) in [5.41, 5.74) is 6.49. The van der Waals surface area contributed by atoms with Crippen LogP contribution in [-0.4, -0.2) is 15.0 Å². The van der Waals surface area contributed by atoms with Crippen molar-refractivity contribution in [3.63, 3.8) is 0 Å². The highest BCUT2D eigenvalue weighted by molar-refractivity contribution is 7.89. The lowest BCUT2D eigenvalue weighted by atomic mass is 10.1. The maximum Gasteiger partial charge on any atom is 0.241 e. The van der Waals surface area contributed by atoms with Crippen LogP contribution < -0.4 is 10.5 Å². The molecule has 2 rings (SSSR count). The molecule has 0 spiro atoms. The molecule has 0 saturated carbocycles. The van der Waals surface area contributed by atoms with E-state index in [0.29, 0.717) is 5.02 Å². The Hall–Kier alpha value is -1.40. The summed E-state index contributed by atoms with van der Waals surface area (Å²) in [6, 6.07) is 14.8. The van der Waals surface area contributed by atoms with Crippen LogP contribution in [0, 0.1) is 0 Å². The van der Waals surface area contributed by atoms with E-state index in [4.69, 9.17) is 17.3 Å². The van der Waals surface area contributed by atoms with E-state index in [9.17, 15) is 8.42 Å². The highest BCUT2D eigenvalue weighted by Crippen LogP contribution is 2.18. The Morgan fingerprint density at radius 1 is 1.05 bits per heavy atom. The summed E-state index contributed by atoms with van der Waals surface area (Å²) in [7, 11) is -3.63. The van der Waals surface area contributed by atoms with Crippen LogP contribution in [-0.2, 0) is 10.0 Å². The van der Waals surface area contributed by atoms with Crippen molar-refractivity contribution < 1.29 is 8.42 Å². The van der Waals surface area contributed by atoms with Crippen molar-refractivity contribution in [2.75, 3.05) is 6.54 Å². The summed E-state index contributed by atoms with van der Waals surface area (Å²) in [6.07, 6.45) is 0. The number of rotatable bonds is 5. The smallest absolute Gasteiger partial charge is 0.241 e. The summed E-state index contributed by atoms with van der Waals surface area (Å²) >= 11 is 5.76. The van der Waals surface area contributed by atoms with Crippen LogP contribution in [0.4, 0.5) is 0 Å². The van der Waals surface area contributed by atoms with Crippen LogP contribution in [0.1, 0.15) is 11.6 Å². The molecule has 0 radical (unpaired) electrons. The van der Waals surface area contributed by atoms with Crippen LogP contribution in [0.25, 0.3) is 0 Å². The van der Waals surface area contributed by atoms with Gasteiger partial charge in [-0.05, 0) is 29.8 Å². The monoisotopic (exact) mass is 310 g/mol. The van der Waals surface area contributed by atoms with Crippen molar-refractivity contribution in [3.8, 4) is 0 Å². The molecule has 106 valence electrons. The van der Waals surface area contributed by atoms with Gasteiger partial charge in [-0.2, -0.15) is 0 Å². The first-order valence-corrected chi connectivity index (χ1v) is 7.92. The average molecular weight is 311 g/mol. The molecule has 1 unspecified atom stereocenters. The molecule has 20 heavy (non-hydrogen) atoms. The van der Waals surface area contributed by atoms with E-state index in [1.165, 1.54) is 24.3 Å². The second-order valence-electron chi connectivity index (χ2n) is 4.27. The fourth-order valence-corrected chi connectivity index (χ4v) is 3.17. The van der Waals surface area contributed by atoms with Gasteiger partial charge in [0.2, 0.25) is 10.0 Å². The maximum absolute atomic E-state index is 12.3. The van der Waals surface area contributed by atoms with E-state index >= 15 is 0 Å². The third-order valence-corrected chi connectivity index (χ3v) is 4.60. The van der Waals surface area contributed by atoms with E-state index in [1.807, 2.05) is 30.3 Å². The molecule has 2 aromatic carbocycles. The molecule has 2 aromatic rings.